The molecule has 0 unspecified atom stereocenters. The van der Waals surface area contributed by atoms with Crippen LogP contribution in [-0.4, -0.2) is 18.2 Å². The number of hydrogen-bond acceptors (Lipinski definition) is 3. The van der Waals surface area contributed by atoms with Crippen molar-refractivity contribution in [3.63, 3.8) is 0 Å². The highest BCUT2D eigenvalue weighted by molar-refractivity contribution is 5.36. The second-order valence-electron chi connectivity index (χ2n) is 5.57. The number of halogens is 3. The van der Waals surface area contributed by atoms with E-state index in [9.17, 15) is 13.2 Å². The molecule has 1 aliphatic rings. The molecule has 2 aromatic rings. The molecule has 0 aliphatic heterocycles. The lowest BCUT2D eigenvalue weighted by Gasteiger charge is -2.20. The molecule has 0 saturated heterocycles. The van der Waals surface area contributed by atoms with E-state index in [1.807, 2.05) is 18.2 Å². The van der Waals surface area contributed by atoms with Gasteiger partial charge >= 0.3 is 6.18 Å². The Morgan fingerprint density at radius 3 is 2.65 bits per heavy atom. The topological polar surface area (TPSA) is 34.1 Å². The zero-order valence-corrected chi connectivity index (χ0v) is 12.6. The minimum Gasteiger partial charge on any atom is -0.379 e. The van der Waals surface area contributed by atoms with Crippen molar-refractivity contribution in [2.75, 3.05) is 7.11 Å². The minimum absolute atomic E-state index is 0.0142. The molecule has 0 saturated carbocycles. The summed E-state index contributed by atoms with van der Waals surface area (Å²) >= 11 is 0. The van der Waals surface area contributed by atoms with Gasteiger partial charge in [-0.15, -0.1) is 0 Å². The van der Waals surface area contributed by atoms with E-state index in [-0.39, 0.29) is 12.1 Å². The third-order valence-electron chi connectivity index (χ3n) is 4.14. The van der Waals surface area contributed by atoms with E-state index in [0.29, 0.717) is 12.2 Å². The van der Waals surface area contributed by atoms with E-state index >= 15 is 0 Å². The second kappa shape index (κ2) is 6.29. The highest BCUT2D eigenvalue weighted by Gasteiger charge is 2.32. The summed E-state index contributed by atoms with van der Waals surface area (Å²) in [6.45, 7) is 0.386. The van der Waals surface area contributed by atoms with Crippen molar-refractivity contribution in [2.24, 2.45) is 0 Å². The number of methoxy groups -OCH3 is 1. The van der Waals surface area contributed by atoms with Gasteiger partial charge in [0.15, 0.2) is 0 Å². The van der Waals surface area contributed by atoms with E-state index in [4.69, 9.17) is 4.74 Å². The van der Waals surface area contributed by atoms with Crippen LogP contribution in [0.3, 0.4) is 0 Å². The zero-order valence-electron chi connectivity index (χ0n) is 12.6. The van der Waals surface area contributed by atoms with E-state index in [1.54, 1.807) is 7.11 Å². The van der Waals surface area contributed by atoms with Gasteiger partial charge in [0.1, 0.15) is 0 Å². The van der Waals surface area contributed by atoms with Crippen molar-refractivity contribution in [1.82, 2.24) is 10.3 Å². The molecule has 3 rings (SSSR count). The van der Waals surface area contributed by atoms with Gasteiger partial charge in [0.25, 0.3) is 0 Å². The Balaban J connectivity index is 1.70. The van der Waals surface area contributed by atoms with Crippen LogP contribution in [0.2, 0.25) is 0 Å². The molecule has 0 bridgehead atoms. The molecular formula is C17H17F3N2O. The third kappa shape index (κ3) is 3.38. The zero-order chi connectivity index (χ0) is 16.4. The number of alkyl halides is 3. The summed E-state index contributed by atoms with van der Waals surface area (Å²) in [5, 5.41) is 3.34. The highest BCUT2D eigenvalue weighted by Crippen LogP contribution is 2.33. The van der Waals surface area contributed by atoms with Crippen molar-refractivity contribution in [3.05, 3.63) is 65.0 Å². The van der Waals surface area contributed by atoms with E-state index in [2.05, 4.69) is 16.4 Å². The lowest BCUT2D eigenvalue weighted by Crippen LogP contribution is -2.30. The van der Waals surface area contributed by atoms with Gasteiger partial charge in [0, 0.05) is 26.3 Å². The van der Waals surface area contributed by atoms with Gasteiger partial charge in [-0.05, 0) is 23.3 Å². The number of aromatic nitrogens is 1. The Morgan fingerprint density at radius 2 is 2.00 bits per heavy atom. The molecular weight excluding hydrogens is 305 g/mol. The molecule has 3 nitrogen and oxygen atoms in total. The number of ether oxygens (including phenoxy) is 1. The Bertz CT molecular complexity index is 670. The van der Waals surface area contributed by atoms with Gasteiger partial charge in [0.2, 0.25) is 0 Å². The van der Waals surface area contributed by atoms with Crippen LogP contribution < -0.4 is 5.32 Å². The summed E-state index contributed by atoms with van der Waals surface area (Å²) in [7, 11) is 1.67. The number of fused-ring (bicyclic) bond motifs is 1. The number of nitrogens with one attached hydrogen (secondary N) is 1. The van der Waals surface area contributed by atoms with Gasteiger partial charge in [0.05, 0.1) is 23.4 Å². The van der Waals surface area contributed by atoms with Crippen LogP contribution in [0.4, 0.5) is 13.2 Å². The lowest BCUT2D eigenvalue weighted by atomic mass is 10.1. The molecule has 1 heterocycles. The first-order valence-corrected chi connectivity index (χ1v) is 7.35. The SMILES string of the molecule is CO[C@@H]1Cc2ccccc2[C@H]1NCc1ccc(C(F)(F)F)cn1. The first-order valence-electron chi connectivity index (χ1n) is 7.35. The number of pyridine rings is 1. The monoisotopic (exact) mass is 322 g/mol. The van der Waals surface area contributed by atoms with Gasteiger partial charge in [-0.1, -0.05) is 24.3 Å². The van der Waals surface area contributed by atoms with E-state index in [1.165, 1.54) is 17.2 Å². The number of nitrogens with zero attached hydrogens (tertiary/aromatic N) is 1. The van der Waals surface area contributed by atoms with Crippen LogP contribution in [0, 0.1) is 0 Å². The van der Waals surface area contributed by atoms with Gasteiger partial charge in [-0.25, -0.2) is 0 Å². The van der Waals surface area contributed by atoms with E-state index in [0.717, 1.165) is 18.7 Å². The lowest BCUT2D eigenvalue weighted by molar-refractivity contribution is -0.137. The molecule has 1 aromatic carbocycles. The molecule has 122 valence electrons. The quantitative estimate of drug-likeness (QED) is 0.935. The van der Waals surface area contributed by atoms with Crippen molar-refractivity contribution < 1.29 is 17.9 Å². The van der Waals surface area contributed by atoms with Crippen LogP contribution in [0.25, 0.3) is 0 Å². The van der Waals surface area contributed by atoms with Crippen LogP contribution in [-0.2, 0) is 23.9 Å². The molecule has 23 heavy (non-hydrogen) atoms. The summed E-state index contributed by atoms with van der Waals surface area (Å²) in [4.78, 5) is 3.89. The van der Waals surface area contributed by atoms with Crippen molar-refractivity contribution >= 4 is 0 Å². The standard InChI is InChI=1S/C17H17F3N2O/c1-23-15-8-11-4-2-3-5-14(11)16(15)22-10-13-7-6-12(9-21-13)17(18,19)20/h2-7,9,15-16,22H,8,10H2,1H3/t15-,16-/m1/s1. The normalized spacial score (nSPS) is 20.5. The largest absolute Gasteiger partial charge is 0.417 e. The molecule has 1 aliphatic carbocycles. The van der Waals surface area contributed by atoms with Gasteiger partial charge in [-0.3, -0.25) is 4.98 Å². The Hall–Kier alpha value is -1.92. The summed E-state index contributed by atoms with van der Waals surface area (Å²) in [6.07, 6.45) is -2.65. The molecule has 1 aromatic heterocycles. The molecule has 2 atom stereocenters. The van der Waals surface area contributed by atoms with E-state index < -0.39 is 11.7 Å². The molecule has 1 N–H and O–H groups in total. The average Bonchev–Trinajstić information content (AvgIpc) is 2.90. The molecule has 0 spiro atoms. The van der Waals surface area contributed by atoms with Crippen LogP contribution in [0.15, 0.2) is 42.6 Å². The van der Waals surface area contributed by atoms with Crippen LogP contribution >= 0.6 is 0 Å². The first-order chi connectivity index (χ1) is 11.0. The van der Waals surface area contributed by atoms with Gasteiger partial charge in [-0.2, -0.15) is 13.2 Å². The summed E-state index contributed by atoms with van der Waals surface area (Å²) < 4.78 is 43.2. The fourth-order valence-electron chi connectivity index (χ4n) is 2.93. The molecule has 0 amide bonds. The fourth-order valence-corrected chi connectivity index (χ4v) is 2.93. The number of rotatable bonds is 4. The van der Waals surface area contributed by atoms with Crippen molar-refractivity contribution in [1.29, 1.82) is 0 Å². The predicted molar refractivity (Wildman–Crippen MR) is 79.8 cm³/mol. The summed E-state index contributed by atoms with van der Waals surface area (Å²) in [5.74, 6) is 0. The maximum absolute atomic E-state index is 12.5. The second-order valence-corrected chi connectivity index (χ2v) is 5.57. The summed E-state index contributed by atoms with van der Waals surface area (Å²) in [5.41, 5.74) is 2.24. The molecule has 0 radical (unpaired) electrons. The summed E-state index contributed by atoms with van der Waals surface area (Å²) in [6, 6.07) is 10.6. The van der Waals surface area contributed by atoms with Crippen molar-refractivity contribution in [2.45, 2.75) is 31.3 Å². The molecule has 6 heteroatoms. The molecule has 0 fully saturated rings. The van der Waals surface area contributed by atoms with Crippen LogP contribution in [0.5, 0.6) is 0 Å². The maximum Gasteiger partial charge on any atom is 0.417 e. The Morgan fingerprint density at radius 1 is 1.22 bits per heavy atom. The third-order valence-corrected chi connectivity index (χ3v) is 4.14. The van der Waals surface area contributed by atoms with Crippen LogP contribution in [0.1, 0.15) is 28.4 Å². The number of benzene rings is 1. The average molecular weight is 322 g/mol. The highest BCUT2D eigenvalue weighted by atomic mass is 19.4. The van der Waals surface area contributed by atoms with Gasteiger partial charge < -0.3 is 10.1 Å². The minimum atomic E-state index is -4.36. The predicted octanol–water partition coefficient (Wildman–Crippen LogP) is 3.50. The number of hydrogen-bond donors (Lipinski definition) is 1. The fraction of sp³-hybridized carbons (Fsp3) is 0.353. The maximum atomic E-state index is 12.5. The first kappa shape index (κ1) is 16.0. The Kier molecular flexibility index (Phi) is 4.37. The van der Waals surface area contributed by atoms with Crippen molar-refractivity contribution in [3.8, 4) is 0 Å². The smallest absolute Gasteiger partial charge is 0.379 e. The Labute approximate surface area is 132 Å².